The Morgan fingerprint density at radius 1 is 1.31 bits per heavy atom. The summed E-state index contributed by atoms with van der Waals surface area (Å²) in [5.41, 5.74) is 0. The smallest absolute Gasteiger partial charge is 0.318 e. The molecule has 2 aliphatic heterocycles. The van der Waals surface area contributed by atoms with Crippen molar-refractivity contribution < 1.29 is 4.79 Å². The van der Waals surface area contributed by atoms with Gasteiger partial charge in [-0.25, -0.2) is 4.79 Å². The van der Waals surface area contributed by atoms with E-state index in [1.807, 2.05) is 6.92 Å². The lowest BCUT2D eigenvalue weighted by molar-refractivity contribution is 0.222. The Labute approximate surface area is 97.0 Å². The number of nitrogens with one attached hydrogen (secondary N) is 1. The van der Waals surface area contributed by atoms with Crippen LogP contribution in [0.1, 0.15) is 19.8 Å². The molecule has 2 fully saturated rings. The van der Waals surface area contributed by atoms with E-state index in [9.17, 15) is 4.79 Å². The van der Waals surface area contributed by atoms with E-state index >= 15 is 0 Å². The Balaban J connectivity index is 1.70. The number of carbonyl (C=O) groups is 1. The minimum absolute atomic E-state index is 0.0166. The van der Waals surface area contributed by atoms with Gasteiger partial charge in [-0.3, -0.25) is 4.90 Å². The van der Waals surface area contributed by atoms with Crippen LogP contribution in [-0.2, 0) is 0 Å². The highest BCUT2D eigenvalue weighted by Crippen LogP contribution is 2.05. The fourth-order valence-corrected chi connectivity index (χ4v) is 2.16. The molecule has 2 rings (SSSR count). The maximum absolute atomic E-state index is 11.4. The van der Waals surface area contributed by atoms with Crippen LogP contribution in [0.3, 0.4) is 0 Å². The molecule has 1 N–H and O–H groups in total. The third-order valence-corrected chi connectivity index (χ3v) is 3.05. The molecule has 1 unspecified atom stereocenters. The summed E-state index contributed by atoms with van der Waals surface area (Å²) in [4.78, 5) is 15.5. The number of nitrogens with zero attached hydrogens (tertiary/aromatic N) is 2. The molecule has 4 nitrogen and oxygen atoms in total. The summed E-state index contributed by atoms with van der Waals surface area (Å²) in [5, 5.41) is 2.86. The summed E-state index contributed by atoms with van der Waals surface area (Å²) >= 11 is 0. The average Bonchev–Trinajstić information content (AvgIpc) is 2.84. The van der Waals surface area contributed by atoms with Gasteiger partial charge in [0.05, 0.1) is 13.1 Å². The number of amides is 2. The van der Waals surface area contributed by atoms with Gasteiger partial charge in [-0.15, -0.1) is 0 Å². The second kappa shape index (κ2) is 5.22. The molecule has 88 valence electrons. The van der Waals surface area contributed by atoms with Crippen LogP contribution >= 0.6 is 0 Å². The molecule has 0 aromatic rings. The lowest BCUT2D eigenvalue weighted by atomic mass is 10.3. The van der Waals surface area contributed by atoms with Gasteiger partial charge < -0.3 is 10.2 Å². The monoisotopic (exact) mass is 221 g/mol. The first-order valence-corrected chi connectivity index (χ1v) is 5.99. The summed E-state index contributed by atoms with van der Waals surface area (Å²) in [6.45, 7) is 6.55. The van der Waals surface area contributed by atoms with Gasteiger partial charge in [0.25, 0.3) is 0 Å². The largest absolute Gasteiger partial charge is 0.334 e. The van der Waals surface area contributed by atoms with Gasteiger partial charge in [-0.05, 0) is 32.9 Å². The molecule has 2 saturated heterocycles. The SMILES string of the molecule is CC1CN(CC#CCN2CCCC2)C(=O)N1. The van der Waals surface area contributed by atoms with Crippen LogP contribution in [0.15, 0.2) is 0 Å². The summed E-state index contributed by atoms with van der Waals surface area (Å²) in [6.07, 6.45) is 2.60. The Morgan fingerprint density at radius 3 is 2.62 bits per heavy atom. The molecule has 2 amide bonds. The summed E-state index contributed by atoms with van der Waals surface area (Å²) in [7, 11) is 0. The number of urea groups is 1. The molecule has 0 aromatic carbocycles. The van der Waals surface area contributed by atoms with Crippen LogP contribution in [0.25, 0.3) is 0 Å². The van der Waals surface area contributed by atoms with Gasteiger partial charge >= 0.3 is 6.03 Å². The molecule has 2 aliphatic rings. The second-order valence-electron chi connectivity index (χ2n) is 4.57. The summed E-state index contributed by atoms with van der Waals surface area (Å²) < 4.78 is 0. The number of likely N-dealkylation sites (tertiary alicyclic amines) is 1. The number of hydrogen-bond donors (Lipinski definition) is 1. The normalized spacial score (nSPS) is 25.4. The molecule has 0 aromatic heterocycles. The average molecular weight is 221 g/mol. The lowest BCUT2D eigenvalue weighted by Crippen LogP contribution is -2.28. The third kappa shape index (κ3) is 2.89. The van der Waals surface area contributed by atoms with Crippen molar-refractivity contribution in [3.63, 3.8) is 0 Å². The first kappa shape index (κ1) is 11.3. The maximum atomic E-state index is 11.4. The van der Waals surface area contributed by atoms with Crippen molar-refractivity contribution >= 4 is 6.03 Å². The van der Waals surface area contributed by atoms with Crippen molar-refractivity contribution in [1.82, 2.24) is 15.1 Å². The maximum Gasteiger partial charge on any atom is 0.318 e. The highest BCUT2D eigenvalue weighted by atomic mass is 16.2. The Morgan fingerprint density at radius 2 is 2.00 bits per heavy atom. The van der Waals surface area contributed by atoms with Gasteiger partial charge in [0.1, 0.15) is 0 Å². The topological polar surface area (TPSA) is 35.6 Å². The van der Waals surface area contributed by atoms with Crippen molar-refractivity contribution in [2.75, 3.05) is 32.7 Å². The summed E-state index contributed by atoms with van der Waals surface area (Å²) in [6, 6.07) is 0.274. The lowest BCUT2D eigenvalue weighted by Gasteiger charge is -2.10. The first-order chi connectivity index (χ1) is 7.75. The predicted molar refractivity (Wildman–Crippen MR) is 63.0 cm³/mol. The molecule has 16 heavy (non-hydrogen) atoms. The fraction of sp³-hybridized carbons (Fsp3) is 0.750. The van der Waals surface area contributed by atoms with Crippen LogP contribution < -0.4 is 5.32 Å². The molecule has 0 radical (unpaired) electrons. The molecule has 0 bridgehead atoms. The molecular weight excluding hydrogens is 202 g/mol. The van der Waals surface area contributed by atoms with E-state index in [1.54, 1.807) is 4.90 Å². The highest BCUT2D eigenvalue weighted by molar-refractivity contribution is 5.77. The van der Waals surface area contributed by atoms with Crippen molar-refractivity contribution in [2.45, 2.75) is 25.8 Å². The van der Waals surface area contributed by atoms with E-state index in [1.165, 1.54) is 25.9 Å². The number of carbonyl (C=O) groups excluding carboxylic acids is 1. The van der Waals surface area contributed by atoms with Crippen LogP contribution in [0.2, 0.25) is 0 Å². The predicted octanol–water partition coefficient (Wildman–Crippen LogP) is 0.499. The Bertz CT molecular complexity index is 312. The Hall–Kier alpha value is -1.21. The standard InChI is InChI=1S/C12H19N3O/c1-11-10-15(12(16)13-11)9-5-4-8-14-6-2-3-7-14/h11H,2-3,6-10H2,1H3,(H,13,16). The van der Waals surface area contributed by atoms with Crippen molar-refractivity contribution in [2.24, 2.45) is 0 Å². The van der Waals surface area contributed by atoms with Gasteiger partial charge in [0.2, 0.25) is 0 Å². The van der Waals surface area contributed by atoms with Crippen molar-refractivity contribution in [3.05, 3.63) is 0 Å². The molecule has 2 heterocycles. The molecule has 0 saturated carbocycles. The van der Waals surface area contributed by atoms with Crippen LogP contribution in [0.5, 0.6) is 0 Å². The molecular formula is C12H19N3O. The quantitative estimate of drug-likeness (QED) is 0.689. The molecule has 0 aliphatic carbocycles. The highest BCUT2D eigenvalue weighted by Gasteiger charge is 2.24. The van der Waals surface area contributed by atoms with Crippen molar-refractivity contribution in [1.29, 1.82) is 0 Å². The second-order valence-corrected chi connectivity index (χ2v) is 4.57. The zero-order valence-corrected chi connectivity index (χ0v) is 9.83. The van der Waals surface area contributed by atoms with Gasteiger partial charge in [0, 0.05) is 12.6 Å². The molecule has 0 spiro atoms. The van der Waals surface area contributed by atoms with Crippen LogP contribution in [-0.4, -0.2) is 54.6 Å². The summed E-state index contributed by atoms with van der Waals surface area (Å²) in [5.74, 6) is 6.22. The zero-order valence-electron chi connectivity index (χ0n) is 9.83. The van der Waals surface area contributed by atoms with E-state index in [2.05, 4.69) is 22.1 Å². The van der Waals surface area contributed by atoms with Gasteiger partial charge in [-0.1, -0.05) is 11.8 Å². The van der Waals surface area contributed by atoms with Crippen LogP contribution in [0, 0.1) is 11.8 Å². The van der Waals surface area contributed by atoms with Gasteiger partial charge in [-0.2, -0.15) is 0 Å². The molecule has 1 atom stereocenters. The van der Waals surface area contributed by atoms with Gasteiger partial charge in [0.15, 0.2) is 0 Å². The van der Waals surface area contributed by atoms with Crippen molar-refractivity contribution in [3.8, 4) is 11.8 Å². The minimum Gasteiger partial charge on any atom is -0.334 e. The van der Waals surface area contributed by atoms with E-state index in [4.69, 9.17) is 0 Å². The van der Waals surface area contributed by atoms with E-state index in [0.717, 1.165) is 13.1 Å². The van der Waals surface area contributed by atoms with E-state index in [0.29, 0.717) is 6.54 Å². The Kier molecular flexibility index (Phi) is 3.68. The zero-order chi connectivity index (χ0) is 11.4. The number of hydrogen-bond acceptors (Lipinski definition) is 2. The minimum atomic E-state index is 0.0166. The number of rotatable bonds is 2. The first-order valence-electron chi connectivity index (χ1n) is 5.99. The van der Waals surface area contributed by atoms with E-state index in [-0.39, 0.29) is 12.1 Å². The van der Waals surface area contributed by atoms with Crippen LogP contribution in [0.4, 0.5) is 4.79 Å². The third-order valence-electron chi connectivity index (χ3n) is 3.05. The van der Waals surface area contributed by atoms with E-state index < -0.39 is 0 Å². The molecule has 4 heteroatoms. The fourth-order valence-electron chi connectivity index (χ4n) is 2.16.